The van der Waals surface area contributed by atoms with Crippen molar-refractivity contribution >= 4 is 11.2 Å². The number of aromatic nitrogens is 4. The molecule has 0 spiro atoms. The van der Waals surface area contributed by atoms with Gasteiger partial charge in [-0.05, 0) is 37.5 Å². The van der Waals surface area contributed by atoms with Gasteiger partial charge in [-0.15, -0.1) is 0 Å². The highest BCUT2D eigenvalue weighted by Crippen LogP contribution is 2.18. The molecule has 0 aliphatic rings. The third kappa shape index (κ3) is 2.38. The second-order valence-electron chi connectivity index (χ2n) is 6.12. The maximum Gasteiger partial charge on any atom is 0.337 e. The molecule has 3 aromatic rings. The molecule has 126 valence electrons. The second-order valence-corrected chi connectivity index (χ2v) is 6.12. The highest BCUT2D eigenvalue weighted by molar-refractivity contribution is 5.72. The van der Waals surface area contributed by atoms with E-state index in [2.05, 4.69) is 18.8 Å². The van der Waals surface area contributed by atoms with Crippen LogP contribution in [0.1, 0.15) is 39.2 Å². The fourth-order valence-corrected chi connectivity index (χ4v) is 2.94. The van der Waals surface area contributed by atoms with Gasteiger partial charge in [0.2, 0.25) is 0 Å². The van der Waals surface area contributed by atoms with Crippen LogP contribution < -0.4 is 11.2 Å². The summed E-state index contributed by atoms with van der Waals surface area (Å²) in [5, 5.41) is 0. The zero-order chi connectivity index (χ0) is 17.4. The Balaban J connectivity index is 2.37. The Kier molecular flexibility index (Phi) is 4.13. The molecule has 2 aromatic heterocycles. The molecule has 0 saturated heterocycles. The van der Waals surface area contributed by atoms with Crippen molar-refractivity contribution in [3.63, 3.8) is 0 Å². The summed E-state index contributed by atoms with van der Waals surface area (Å²) < 4.78 is 4.56. The van der Waals surface area contributed by atoms with Crippen LogP contribution in [0.25, 0.3) is 16.9 Å². The van der Waals surface area contributed by atoms with Crippen LogP contribution in [-0.4, -0.2) is 18.7 Å². The SMILES string of the molecule is CCn1c(=O)c2c(ncn2CC)n(-c2ccc(C(C)C)cc2)c1=O. The van der Waals surface area contributed by atoms with Crippen LogP contribution in [0.2, 0.25) is 0 Å². The zero-order valence-electron chi connectivity index (χ0n) is 14.5. The molecule has 0 aliphatic heterocycles. The molecule has 0 amide bonds. The van der Waals surface area contributed by atoms with E-state index in [-0.39, 0.29) is 11.2 Å². The summed E-state index contributed by atoms with van der Waals surface area (Å²) >= 11 is 0. The highest BCUT2D eigenvalue weighted by Gasteiger charge is 2.18. The van der Waals surface area contributed by atoms with Gasteiger partial charge in [-0.25, -0.2) is 14.3 Å². The van der Waals surface area contributed by atoms with Gasteiger partial charge in [0.15, 0.2) is 11.2 Å². The average Bonchev–Trinajstić information content (AvgIpc) is 2.99. The topological polar surface area (TPSA) is 61.8 Å². The largest absolute Gasteiger partial charge is 0.337 e. The minimum absolute atomic E-state index is 0.285. The van der Waals surface area contributed by atoms with Gasteiger partial charge in [-0.2, -0.15) is 0 Å². The first kappa shape index (κ1) is 16.2. The molecule has 3 rings (SSSR count). The molecule has 0 N–H and O–H groups in total. The predicted octanol–water partition coefficient (Wildman–Crippen LogP) is 2.51. The van der Waals surface area contributed by atoms with Crippen molar-refractivity contribution in [1.82, 2.24) is 18.7 Å². The van der Waals surface area contributed by atoms with Crippen LogP contribution in [0.3, 0.4) is 0 Å². The smallest absolute Gasteiger partial charge is 0.325 e. The van der Waals surface area contributed by atoms with Crippen molar-refractivity contribution in [2.24, 2.45) is 0 Å². The summed E-state index contributed by atoms with van der Waals surface area (Å²) in [7, 11) is 0. The number of nitrogens with zero attached hydrogens (tertiary/aromatic N) is 4. The predicted molar refractivity (Wildman–Crippen MR) is 95.0 cm³/mol. The number of imidazole rings is 1. The molecule has 0 aliphatic carbocycles. The van der Waals surface area contributed by atoms with Crippen molar-refractivity contribution < 1.29 is 0 Å². The molecule has 0 bridgehead atoms. The standard InChI is InChI=1S/C18H22N4O2/c1-5-20-11-19-16-15(20)17(23)21(6-2)18(24)22(16)14-9-7-13(8-10-14)12(3)4/h7-12H,5-6H2,1-4H3. The van der Waals surface area contributed by atoms with Gasteiger partial charge in [0, 0.05) is 13.1 Å². The monoisotopic (exact) mass is 326 g/mol. The Hall–Kier alpha value is -2.63. The van der Waals surface area contributed by atoms with Crippen molar-refractivity contribution in [3.05, 3.63) is 57.0 Å². The van der Waals surface area contributed by atoms with Crippen LogP contribution in [0.15, 0.2) is 40.2 Å². The third-order valence-corrected chi connectivity index (χ3v) is 4.38. The lowest BCUT2D eigenvalue weighted by Crippen LogP contribution is -2.39. The Morgan fingerprint density at radius 1 is 1.04 bits per heavy atom. The van der Waals surface area contributed by atoms with Crippen LogP contribution in [0.4, 0.5) is 0 Å². The van der Waals surface area contributed by atoms with Crippen LogP contribution in [0, 0.1) is 0 Å². The van der Waals surface area contributed by atoms with E-state index < -0.39 is 0 Å². The Morgan fingerprint density at radius 3 is 2.25 bits per heavy atom. The lowest BCUT2D eigenvalue weighted by molar-refractivity contribution is 0.653. The summed E-state index contributed by atoms with van der Waals surface area (Å²) in [4.78, 5) is 29.8. The molecule has 6 heteroatoms. The molecule has 0 unspecified atom stereocenters. The minimum atomic E-state index is -0.353. The van der Waals surface area contributed by atoms with Gasteiger partial charge in [0.1, 0.15) is 0 Å². The van der Waals surface area contributed by atoms with E-state index in [1.165, 1.54) is 14.7 Å². The van der Waals surface area contributed by atoms with Crippen LogP contribution in [0.5, 0.6) is 0 Å². The van der Waals surface area contributed by atoms with E-state index in [1.807, 2.05) is 31.2 Å². The maximum atomic E-state index is 12.8. The molecule has 0 fully saturated rings. The Morgan fingerprint density at radius 2 is 1.71 bits per heavy atom. The van der Waals surface area contributed by atoms with Crippen LogP contribution in [-0.2, 0) is 13.1 Å². The van der Waals surface area contributed by atoms with Crippen molar-refractivity contribution in [2.75, 3.05) is 0 Å². The average molecular weight is 326 g/mol. The number of benzene rings is 1. The number of aryl methyl sites for hydroxylation is 1. The molecular weight excluding hydrogens is 304 g/mol. The summed E-state index contributed by atoms with van der Waals surface area (Å²) in [5.41, 5.74) is 2.16. The maximum absolute atomic E-state index is 12.8. The normalized spacial score (nSPS) is 11.5. The summed E-state index contributed by atoms with van der Waals surface area (Å²) in [6.07, 6.45) is 1.62. The van der Waals surface area contributed by atoms with Crippen molar-refractivity contribution in [2.45, 2.75) is 46.7 Å². The van der Waals surface area contributed by atoms with Gasteiger partial charge in [0.25, 0.3) is 5.56 Å². The van der Waals surface area contributed by atoms with Crippen molar-refractivity contribution in [3.8, 4) is 5.69 Å². The zero-order valence-corrected chi connectivity index (χ0v) is 14.5. The van der Waals surface area contributed by atoms with E-state index in [1.54, 1.807) is 17.8 Å². The molecule has 0 atom stereocenters. The van der Waals surface area contributed by atoms with E-state index in [4.69, 9.17) is 0 Å². The van der Waals surface area contributed by atoms with E-state index in [0.29, 0.717) is 30.2 Å². The molecule has 0 saturated carbocycles. The molecule has 0 radical (unpaired) electrons. The Labute approximate surface area is 140 Å². The van der Waals surface area contributed by atoms with Gasteiger partial charge < -0.3 is 4.57 Å². The number of hydrogen-bond acceptors (Lipinski definition) is 3. The number of hydrogen-bond donors (Lipinski definition) is 0. The van der Waals surface area contributed by atoms with Crippen LogP contribution >= 0.6 is 0 Å². The lowest BCUT2D eigenvalue weighted by Gasteiger charge is -2.12. The highest BCUT2D eigenvalue weighted by atomic mass is 16.2. The van der Waals surface area contributed by atoms with Gasteiger partial charge in [-0.1, -0.05) is 26.0 Å². The van der Waals surface area contributed by atoms with Gasteiger partial charge >= 0.3 is 5.69 Å². The molecule has 1 aromatic carbocycles. The molecular formula is C18H22N4O2. The number of fused-ring (bicyclic) bond motifs is 1. The van der Waals surface area contributed by atoms with E-state index >= 15 is 0 Å². The lowest BCUT2D eigenvalue weighted by atomic mass is 10.0. The third-order valence-electron chi connectivity index (χ3n) is 4.38. The first-order valence-electron chi connectivity index (χ1n) is 8.30. The first-order valence-corrected chi connectivity index (χ1v) is 8.30. The summed E-state index contributed by atoms with van der Waals surface area (Å²) in [6, 6.07) is 7.84. The fourth-order valence-electron chi connectivity index (χ4n) is 2.94. The van der Waals surface area contributed by atoms with Gasteiger partial charge in [0.05, 0.1) is 12.0 Å². The first-order chi connectivity index (χ1) is 11.5. The second kappa shape index (κ2) is 6.11. The minimum Gasteiger partial charge on any atom is -0.325 e. The fraction of sp³-hybridized carbons (Fsp3) is 0.389. The van der Waals surface area contributed by atoms with Crippen molar-refractivity contribution in [1.29, 1.82) is 0 Å². The quantitative estimate of drug-likeness (QED) is 0.740. The Bertz CT molecular complexity index is 991. The molecule has 6 nitrogen and oxygen atoms in total. The summed E-state index contributed by atoms with van der Waals surface area (Å²) in [6.45, 7) is 8.95. The number of rotatable bonds is 4. The summed E-state index contributed by atoms with van der Waals surface area (Å²) in [5.74, 6) is 0.416. The van der Waals surface area contributed by atoms with Gasteiger partial charge in [-0.3, -0.25) is 9.36 Å². The van der Waals surface area contributed by atoms with E-state index in [0.717, 1.165) is 5.69 Å². The molecule has 24 heavy (non-hydrogen) atoms. The van der Waals surface area contributed by atoms with E-state index in [9.17, 15) is 9.59 Å². The molecule has 2 heterocycles.